The van der Waals surface area contributed by atoms with E-state index in [-0.39, 0.29) is 5.75 Å². The Morgan fingerprint density at radius 2 is 2.05 bits per heavy atom. The molecule has 112 valence electrons. The minimum absolute atomic E-state index is 0.373. The molecule has 0 saturated carbocycles. The van der Waals surface area contributed by atoms with Crippen molar-refractivity contribution in [3.05, 3.63) is 24.0 Å². The predicted molar refractivity (Wildman–Crippen MR) is 75.4 cm³/mol. The largest absolute Gasteiger partial charge is 0.505 e. The number of alkyl carbamates (subject to hydrolysis) is 1. The van der Waals surface area contributed by atoms with Crippen LogP contribution in [0.15, 0.2) is 18.2 Å². The van der Waals surface area contributed by atoms with Gasteiger partial charge in [0.1, 0.15) is 5.60 Å². The van der Waals surface area contributed by atoms with Gasteiger partial charge < -0.3 is 20.5 Å². The number of carbonyl (C=O) groups excluding carboxylic acids is 1. The highest BCUT2D eigenvalue weighted by Crippen LogP contribution is 2.19. The van der Waals surface area contributed by atoms with Gasteiger partial charge in [-0.1, -0.05) is 0 Å². The normalized spacial score (nSPS) is 11.0. The van der Waals surface area contributed by atoms with Crippen LogP contribution in [0, 0.1) is 5.82 Å². The van der Waals surface area contributed by atoms with Crippen LogP contribution in [0.4, 0.5) is 14.9 Å². The first-order valence-electron chi connectivity index (χ1n) is 6.47. The van der Waals surface area contributed by atoms with Crippen molar-refractivity contribution in [1.82, 2.24) is 5.32 Å². The fraction of sp³-hybridized carbons (Fsp3) is 0.500. The quantitative estimate of drug-likeness (QED) is 0.574. The van der Waals surface area contributed by atoms with Crippen LogP contribution in [0.1, 0.15) is 27.2 Å². The first-order valence-corrected chi connectivity index (χ1v) is 6.47. The van der Waals surface area contributed by atoms with E-state index in [0.717, 1.165) is 0 Å². The first-order chi connectivity index (χ1) is 9.28. The lowest BCUT2D eigenvalue weighted by Crippen LogP contribution is -2.33. The highest BCUT2D eigenvalue weighted by molar-refractivity contribution is 5.67. The molecule has 1 aromatic carbocycles. The van der Waals surface area contributed by atoms with Crippen LogP contribution < -0.4 is 10.6 Å². The van der Waals surface area contributed by atoms with Crippen molar-refractivity contribution in [1.29, 1.82) is 0 Å². The number of phenols is 1. The van der Waals surface area contributed by atoms with Gasteiger partial charge in [-0.3, -0.25) is 0 Å². The van der Waals surface area contributed by atoms with E-state index in [1.165, 1.54) is 12.1 Å². The Morgan fingerprint density at radius 1 is 1.35 bits per heavy atom. The maximum Gasteiger partial charge on any atom is 0.407 e. The van der Waals surface area contributed by atoms with Crippen molar-refractivity contribution in [2.45, 2.75) is 32.8 Å². The molecule has 0 heterocycles. The molecule has 0 spiro atoms. The number of aromatic hydroxyl groups is 1. The molecule has 0 aliphatic rings. The molecule has 0 saturated heterocycles. The second-order valence-electron chi connectivity index (χ2n) is 5.38. The molecule has 3 N–H and O–H groups in total. The summed E-state index contributed by atoms with van der Waals surface area (Å²) in [5.74, 6) is -1.04. The third-order valence-electron chi connectivity index (χ3n) is 2.30. The summed E-state index contributed by atoms with van der Waals surface area (Å²) < 4.78 is 18.1. The van der Waals surface area contributed by atoms with E-state index in [1.54, 1.807) is 26.8 Å². The van der Waals surface area contributed by atoms with Gasteiger partial charge in [-0.2, -0.15) is 0 Å². The molecule has 0 bridgehead atoms. The lowest BCUT2D eigenvalue weighted by atomic mass is 10.2. The summed E-state index contributed by atoms with van der Waals surface area (Å²) in [6, 6.07) is 4.09. The average Bonchev–Trinajstić information content (AvgIpc) is 2.31. The minimum Gasteiger partial charge on any atom is -0.505 e. The molecule has 6 heteroatoms. The molecule has 0 unspecified atom stereocenters. The third-order valence-corrected chi connectivity index (χ3v) is 2.30. The summed E-state index contributed by atoms with van der Waals surface area (Å²) in [6.45, 7) is 6.43. The third kappa shape index (κ3) is 6.26. The number of phenolic OH excluding ortho intramolecular Hbond substituents is 1. The van der Waals surface area contributed by atoms with Crippen LogP contribution in [0.3, 0.4) is 0 Å². The van der Waals surface area contributed by atoms with E-state index >= 15 is 0 Å². The SMILES string of the molecule is CC(C)(C)OC(=O)NCCCNc1ccc(O)c(F)c1. The Bertz CT molecular complexity index is 458. The summed E-state index contributed by atoms with van der Waals surface area (Å²) >= 11 is 0. The number of amides is 1. The number of hydrogen-bond donors (Lipinski definition) is 3. The maximum atomic E-state index is 13.1. The van der Waals surface area contributed by atoms with Gasteiger partial charge in [0.05, 0.1) is 0 Å². The number of nitrogens with one attached hydrogen (secondary N) is 2. The van der Waals surface area contributed by atoms with Crippen molar-refractivity contribution in [2.24, 2.45) is 0 Å². The van der Waals surface area contributed by atoms with Crippen LogP contribution >= 0.6 is 0 Å². The zero-order chi connectivity index (χ0) is 15.2. The molecule has 0 fully saturated rings. The lowest BCUT2D eigenvalue weighted by Gasteiger charge is -2.19. The van der Waals surface area contributed by atoms with Crippen LogP contribution in [-0.4, -0.2) is 29.9 Å². The van der Waals surface area contributed by atoms with Crippen LogP contribution in [-0.2, 0) is 4.74 Å². The predicted octanol–water partition coefficient (Wildman–Crippen LogP) is 2.86. The Kier molecular flexibility index (Phi) is 5.61. The zero-order valence-corrected chi connectivity index (χ0v) is 12.0. The van der Waals surface area contributed by atoms with E-state index < -0.39 is 17.5 Å². The number of carbonyl (C=O) groups is 1. The highest BCUT2D eigenvalue weighted by Gasteiger charge is 2.15. The molecule has 0 aliphatic heterocycles. The smallest absolute Gasteiger partial charge is 0.407 e. The van der Waals surface area contributed by atoms with Crippen molar-refractivity contribution in [2.75, 3.05) is 18.4 Å². The number of rotatable bonds is 5. The van der Waals surface area contributed by atoms with E-state index in [9.17, 15) is 9.18 Å². The second-order valence-corrected chi connectivity index (χ2v) is 5.38. The molecule has 0 aliphatic carbocycles. The molecule has 0 atom stereocenters. The summed E-state index contributed by atoms with van der Waals surface area (Å²) in [7, 11) is 0. The zero-order valence-electron chi connectivity index (χ0n) is 12.0. The van der Waals surface area contributed by atoms with Crippen molar-refractivity contribution >= 4 is 11.8 Å². The van der Waals surface area contributed by atoms with Gasteiger partial charge in [0, 0.05) is 24.8 Å². The monoisotopic (exact) mass is 284 g/mol. The van der Waals surface area contributed by atoms with Gasteiger partial charge in [0.25, 0.3) is 0 Å². The van der Waals surface area contributed by atoms with Gasteiger partial charge in [-0.05, 0) is 39.3 Å². The molecular weight excluding hydrogens is 263 g/mol. The summed E-state index contributed by atoms with van der Waals surface area (Å²) in [4.78, 5) is 11.3. The summed E-state index contributed by atoms with van der Waals surface area (Å²) in [5.41, 5.74) is 0.0730. The molecular formula is C14H21FN2O3. The standard InChI is InChI=1S/C14H21FN2O3/c1-14(2,3)20-13(19)17-8-4-7-16-10-5-6-12(18)11(15)9-10/h5-6,9,16,18H,4,7-8H2,1-3H3,(H,17,19). The summed E-state index contributed by atoms with van der Waals surface area (Å²) in [6.07, 6.45) is 0.218. The second kappa shape index (κ2) is 6.98. The van der Waals surface area contributed by atoms with Crippen LogP contribution in [0.5, 0.6) is 5.75 Å². The number of benzene rings is 1. The molecule has 0 aromatic heterocycles. The topological polar surface area (TPSA) is 70.6 Å². The van der Waals surface area contributed by atoms with Crippen molar-refractivity contribution < 1.29 is 19.0 Å². The molecule has 1 amide bonds. The fourth-order valence-corrected chi connectivity index (χ4v) is 1.44. The Balaban J connectivity index is 2.19. The number of ether oxygens (including phenoxy) is 1. The fourth-order valence-electron chi connectivity index (χ4n) is 1.44. The van der Waals surface area contributed by atoms with E-state index in [2.05, 4.69) is 10.6 Å². The molecule has 20 heavy (non-hydrogen) atoms. The van der Waals surface area contributed by atoms with Crippen LogP contribution in [0.2, 0.25) is 0 Å². The molecule has 1 aromatic rings. The van der Waals surface area contributed by atoms with Gasteiger partial charge in [-0.25, -0.2) is 9.18 Å². The average molecular weight is 284 g/mol. The van der Waals surface area contributed by atoms with E-state index in [0.29, 0.717) is 25.2 Å². The van der Waals surface area contributed by atoms with Gasteiger partial charge in [-0.15, -0.1) is 0 Å². The summed E-state index contributed by atoms with van der Waals surface area (Å²) in [5, 5.41) is 14.7. The Hall–Kier alpha value is -1.98. The molecule has 0 radical (unpaired) electrons. The Labute approximate surface area is 118 Å². The number of anilines is 1. The molecule has 1 rings (SSSR count). The first kappa shape index (κ1) is 16.1. The highest BCUT2D eigenvalue weighted by atomic mass is 19.1. The van der Waals surface area contributed by atoms with Gasteiger partial charge in [0.15, 0.2) is 11.6 Å². The lowest BCUT2D eigenvalue weighted by molar-refractivity contribution is 0.0528. The minimum atomic E-state index is -0.665. The van der Waals surface area contributed by atoms with Crippen molar-refractivity contribution in [3.63, 3.8) is 0 Å². The van der Waals surface area contributed by atoms with Crippen molar-refractivity contribution in [3.8, 4) is 5.75 Å². The van der Waals surface area contributed by atoms with Crippen LogP contribution in [0.25, 0.3) is 0 Å². The van der Waals surface area contributed by atoms with Gasteiger partial charge >= 0.3 is 6.09 Å². The van der Waals surface area contributed by atoms with E-state index in [1.807, 2.05) is 0 Å². The van der Waals surface area contributed by atoms with E-state index in [4.69, 9.17) is 9.84 Å². The maximum absolute atomic E-state index is 13.1. The number of halogens is 1. The van der Waals surface area contributed by atoms with Gasteiger partial charge in [0.2, 0.25) is 0 Å². The number of hydrogen-bond acceptors (Lipinski definition) is 4. The molecule has 5 nitrogen and oxygen atoms in total. The Morgan fingerprint density at radius 3 is 2.65 bits per heavy atom.